The van der Waals surface area contributed by atoms with Gasteiger partial charge in [0, 0.05) is 63.1 Å². The van der Waals surface area contributed by atoms with Crippen LogP contribution in [0.25, 0.3) is 0 Å². The molecule has 0 aromatic heterocycles. The molecule has 2 amide bonds. The quantitative estimate of drug-likeness (QED) is 0.790. The Morgan fingerprint density at radius 1 is 0.955 bits per heavy atom. The number of amides is 2. The fraction of sp³-hybridized carbons (Fsp3) is 0.562. The smallest absolute Gasteiger partial charge is 0.320 e. The summed E-state index contributed by atoms with van der Waals surface area (Å²) in [5.41, 5.74) is 1.14. The van der Waals surface area contributed by atoms with Gasteiger partial charge in [0.05, 0.1) is 0 Å². The molecule has 2 aliphatic rings. The predicted octanol–water partition coefficient (Wildman–Crippen LogP) is 1.83. The molecule has 1 aromatic carbocycles. The van der Waals surface area contributed by atoms with E-state index in [1.807, 2.05) is 28.0 Å². The zero-order valence-corrected chi connectivity index (χ0v) is 13.8. The van der Waals surface area contributed by atoms with Gasteiger partial charge >= 0.3 is 6.03 Å². The third-order valence-corrected chi connectivity index (χ3v) is 4.73. The average Bonchev–Trinajstić information content (AvgIpc) is 2.55. The number of hydrogen-bond acceptors (Lipinski definition) is 3. The summed E-state index contributed by atoms with van der Waals surface area (Å²) >= 11 is 6.05. The monoisotopic (exact) mass is 322 g/mol. The summed E-state index contributed by atoms with van der Waals surface area (Å²) in [6.45, 7) is 6.88. The molecule has 0 radical (unpaired) electrons. The summed E-state index contributed by atoms with van der Waals surface area (Å²) in [6.07, 6.45) is 0. The Morgan fingerprint density at radius 3 is 2.14 bits per heavy atom. The Bertz CT molecular complexity index is 523. The highest BCUT2D eigenvalue weighted by Gasteiger charge is 2.27. The summed E-state index contributed by atoms with van der Waals surface area (Å²) in [6, 6.07) is 8.11. The summed E-state index contributed by atoms with van der Waals surface area (Å²) in [5, 5.41) is 0.758. The van der Waals surface area contributed by atoms with Crippen LogP contribution in [0.4, 0.5) is 10.5 Å². The van der Waals surface area contributed by atoms with Gasteiger partial charge in [-0.3, -0.25) is 0 Å². The number of likely N-dealkylation sites (N-methyl/N-ethyl adjacent to an activating group) is 1. The van der Waals surface area contributed by atoms with Crippen molar-refractivity contribution in [1.29, 1.82) is 0 Å². The Morgan fingerprint density at radius 2 is 1.55 bits per heavy atom. The fourth-order valence-electron chi connectivity index (χ4n) is 3.03. The zero-order chi connectivity index (χ0) is 15.5. The summed E-state index contributed by atoms with van der Waals surface area (Å²) in [4.78, 5) is 21.1. The maximum absolute atomic E-state index is 12.6. The average molecular weight is 323 g/mol. The van der Waals surface area contributed by atoms with Crippen molar-refractivity contribution in [2.24, 2.45) is 0 Å². The van der Waals surface area contributed by atoms with Gasteiger partial charge in [-0.2, -0.15) is 0 Å². The number of piperazine rings is 2. The lowest BCUT2D eigenvalue weighted by Crippen LogP contribution is -2.56. The summed E-state index contributed by atoms with van der Waals surface area (Å²) in [5.74, 6) is 0. The normalized spacial score (nSPS) is 20.4. The molecular weight excluding hydrogens is 300 g/mol. The fourth-order valence-corrected chi connectivity index (χ4v) is 3.21. The van der Waals surface area contributed by atoms with Gasteiger partial charge in [0.25, 0.3) is 0 Å². The first-order chi connectivity index (χ1) is 10.6. The van der Waals surface area contributed by atoms with Crippen LogP contribution in [0.1, 0.15) is 0 Å². The number of halogens is 1. The van der Waals surface area contributed by atoms with E-state index in [-0.39, 0.29) is 6.03 Å². The molecule has 0 aliphatic carbocycles. The minimum atomic E-state index is 0.193. The maximum atomic E-state index is 12.6. The maximum Gasteiger partial charge on any atom is 0.320 e. The van der Waals surface area contributed by atoms with Crippen LogP contribution in [-0.2, 0) is 0 Å². The first-order valence-electron chi connectivity index (χ1n) is 7.86. The lowest BCUT2D eigenvalue weighted by Gasteiger charge is -2.40. The number of rotatable bonds is 1. The van der Waals surface area contributed by atoms with Crippen molar-refractivity contribution in [3.63, 3.8) is 0 Å². The van der Waals surface area contributed by atoms with Gasteiger partial charge in [0.15, 0.2) is 0 Å². The van der Waals surface area contributed by atoms with E-state index < -0.39 is 0 Å². The second kappa shape index (κ2) is 6.75. The molecule has 0 N–H and O–H groups in total. The number of carbonyl (C=O) groups excluding carboxylic acids is 1. The lowest BCUT2D eigenvalue weighted by atomic mass is 10.2. The number of carbonyl (C=O) groups is 1. The van der Waals surface area contributed by atoms with Gasteiger partial charge < -0.3 is 19.6 Å². The van der Waals surface area contributed by atoms with Crippen molar-refractivity contribution >= 4 is 23.3 Å². The van der Waals surface area contributed by atoms with Crippen molar-refractivity contribution in [1.82, 2.24) is 14.7 Å². The second-order valence-corrected chi connectivity index (χ2v) is 6.46. The van der Waals surface area contributed by atoms with E-state index in [9.17, 15) is 4.79 Å². The molecule has 1 aromatic rings. The molecule has 5 nitrogen and oxygen atoms in total. The summed E-state index contributed by atoms with van der Waals surface area (Å²) in [7, 11) is 2.10. The van der Waals surface area contributed by atoms with E-state index in [1.54, 1.807) is 0 Å². The number of hydrogen-bond donors (Lipinski definition) is 0. The van der Waals surface area contributed by atoms with Crippen LogP contribution in [-0.4, -0.2) is 80.1 Å². The molecule has 0 atom stereocenters. The van der Waals surface area contributed by atoms with Crippen molar-refractivity contribution in [2.45, 2.75) is 0 Å². The van der Waals surface area contributed by atoms with Crippen LogP contribution in [0.15, 0.2) is 24.3 Å². The van der Waals surface area contributed by atoms with Crippen LogP contribution < -0.4 is 4.90 Å². The largest absolute Gasteiger partial charge is 0.368 e. The molecule has 2 saturated heterocycles. The molecule has 22 heavy (non-hydrogen) atoms. The van der Waals surface area contributed by atoms with Crippen molar-refractivity contribution < 1.29 is 4.79 Å². The Labute approximate surface area is 137 Å². The van der Waals surface area contributed by atoms with E-state index in [0.717, 1.165) is 63.1 Å². The standard InChI is InChI=1S/C16H23ClN4O/c1-18-5-7-20(8-6-18)16(22)21-11-9-19(10-12-21)15-4-2-3-14(17)13-15/h2-4,13H,5-12H2,1H3. The molecule has 2 aliphatic heterocycles. The van der Waals surface area contributed by atoms with Crippen molar-refractivity contribution in [3.05, 3.63) is 29.3 Å². The Kier molecular flexibility index (Phi) is 4.74. The highest BCUT2D eigenvalue weighted by Crippen LogP contribution is 2.21. The van der Waals surface area contributed by atoms with Crippen LogP contribution in [0.5, 0.6) is 0 Å². The molecule has 0 bridgehead atoms. The Hall–Kier alpha value is -1.46. The van der Waals surface area contributed by atoms with Crippen LogP contribution in [0, 0.1) is 0 Å². The summed E-state index contributed by atoms with van der Waals surface area (Å²) < 4.78 is 0. The van der Waals surface area contributed by atoms with E-state index in [1.165, 1.54) is 0 Å². The molecule has 6 heteroatoms. The van der Waals surface area contributed by atoms with Gasteiger partial charge in [-0.05, 0) is 25.2 Å². The highest BCUT2D eigenvalue weighted by molar-refractivity contribution is 6.30. The van der Waals surface area contributed by atoms with Crippen molar-refractivity contribution in [3.8, 4) is 0 Å². The minimum Gasteiger partial charge on any atom is -0.368 e. The van der Waals surface area contributed by atoms with Gasteiger partial charge in [0.2, 0.25) is 0 Å². The van der Waals surface area contributed by atoms with Crippen LogP contribution in [0.3, 0.4) is 0 Å². The molecule has 0 saturated carbocycles. The molecule has 0 spiro atoms. The third kappa shape index (κ3) is 3.47. The molecule has 0 unspecified atom stereocenters. The van der Waals surface area contributed by atoms with E-state index >= 15 is 0 Å². The lowest BCUT2D eigenvalue weighted by molar-refractivity contribution is 0.120. The highest BCUT2D eigenvalue weighted by atomic mass is 35.5. The predicted molar refractivity (Wildman–Crippen MR) is 89.7 cm³/mol. The van der Waals surface area contributed by atoms with E-state index in [2.05, 4.69) is 22.9 Å². The Balaban J connectivity index is 1.54. The minimum absolute atomic E-state index is 0.193. The number of nitrogens with zero attached hydrogens (tertiary/aromatic N) is 4. The van der Waals surface area contributed by atoms with Crippen LogP contribution >= 0.6 is 11.6 Å². The number of benzene rings is 1. The molecule has 2 heterocycles. The first kappa shape index (κ1) is 15.4. The van der Waals surface area contributed by atoms with E-state index in [0.29, 0.717) is 0 Å². The van der Waals surface area contributed by atoms with Gasteiger partial charge in [0.1, 0.15) is 0 Å². The topological polar surface area (TPSA) is 30.0 Å². The van der Waals surface area contributed by atoms with E-state index in [4.69, 9.17) is 11.6 Å². The molecular formula is C16H23ClN4O. The zero-order valence-electron chi connectivity index (χ0n) is 13.0. The molecule has 3 rings (SSSR count). The van der Waals surface area contributed by atoms with Gasteiger partial charge in [-0.15, -0.1) is 0 Å². The SMILES string of the molecule is CN1CCN(C(=O)N2CCN(c3cccc(Cl)c3)CC2)CC1. The number of urea groups is 1. The number of anilines is 1. The molecule has 2 fully saturated rings. The molecule has 120 valence electrons. The van der Waals surface area contributed by atoms with Crippen LogP contribution in [0.2, 0.25) is 5.02 Å². The third-order valence-electron chi connectivity index (χ3n) is 4.50. The second-order valence-electron chi connectivity index (χ2n) is 6.03. The first-order valence-corrected chi connectivity index (χ1v) is 8.24. The van der Waals surface area contributed by atoms with Gasteiger partial charge in [-0.1, -0.05) is 17.7 Å². The van der Waals surface area contributed by atoms with Gasteiger partial charge in [-0.25, -0.2) is 4.79 Å². The van der Waals surface area contributed by atoms with Crippen molar-refractivity contribution in [2.75, 3.05) is 64.3 Å².